The number of hydrogen-bond donors (Lipinski definition) is 0. The van der Waals surface area contributed by atoms with Gasteiger partial charge in [0.1, 0.15) is 6.29 Å². The Bertz CT molecular complexity index is 230. The van der Waals surface area contributed by atoms with Gasteiger partial charge in [-0.2, -0.15) is 0 Å². The molecule has 0 spiro atoms. The van der Waals surface area contributed by atoms with Crippen LogP contribution in [0.15, 0.2) is 27.9 Å². The van der Waals surface area contributed by atoms with Crippen LogP contribution in [-0.2, 0) is 4.79 Å². The molecule has 0 fully saturated rings. The molecular weight excluding hydrogens is 183 g/mol. The summed E-state index contributed by atoms with van der Waals surface area (Å²) in [5.74, 6) is 0. The van der Waals surface area contributed by atoms with Crippen molar-refractivity contribution in [3.05, 3.63) is 27.9 Å². The van der Waals surface area contributed by atoms with Crippen LogP contribution in [0.3, 0.4) is 0 Å². The Morgan fingerprint density at radius 2 is 2.18 bits per heavy atom. The standard InChI is InChI=1S/C8H8Cl2O/c1-3-8(10)4-7(5-11)6(2)9/h5H,1,4H2,2H3. The summed E-state index contributed by atoms with van der Waals surface area (Å²) in [6, 6.07) is 0. The van der Waals surface area contributed by atoms with E-state index in [-0.39, 0.29) is 0 Å². The van der Waals surface area contributed by atoms with Gasteiger partial charge in [0.2, 0.25) is 0 Å². The molecule has 0 aromatic carbocycles. The largest absolute Gasteiger partial charge is 0.298 e. The highest BCUT2D eigenvalue weighted by atomic mass is 35.5. The van der Waals surface area contributed by atoms with Crippen molar-refractivity contribution in [3.8, 4) is 0 Å². The molecule has 60 valence electrons. The predicted molar refractivity (Wildman–Crippen MR) is 47.7 cm³/mol. The lowest BCUT2D eigenvalue weighted by Crippen LogP contribution is -1.86. The van der Waals surface area contributed by atoms with Crippen molar-refractivity contribution in [2.45, 2.75) is 13.3 Å². The number of rotatable bonds is 3. The van der Waals surface area contributed by atoms with Crippen LogP contribution < -0.4 is 0 Å². The fourth-order valence-corrected chi connectivity index (χ4v) is 0.730. The fraction of sp³-hybridized carbons (Fsp3) is 0.250. The van der Waals surface area contributed by atoms with E-state index in [1.54, 1.807) is 6.92 Å². The molecule has 0 heterocycles. The molecule has 0 aliphatic heterocycles. The average molecular weight is 191 g/mol. The normalized spacial score (nSPS) is 11.5. The Morgan fingerprint density at radius 3 is 2.45 bits per heavy atom. The second-order valence-electron chi connectivity index (χ2n) is 1.94. The Morgan fingerprint density at radius 1 is 1.64 bits per heavy atom. The van der Waals surface area contributed by atoms with Gasteiger partial charge in [-0.1, -0.05) is 29.8 Å². The maximum atomic E-state index is 10.3. The zero-order valence-corrected chi connectivity index (χ0v) is 7.67. The van der Waals surface area contributed by atoms with E-state index in [1.807, 2.05) is 0 Å². The topological polar surface area (TPSA) is 17.1 Å². The molecule has 0 aliphatic rings. The van der Waals surface area contributed by atoms with Crippen LogP contribution in [0, 0.1) is 0 Å². The minimum absolute atomic E-state index is 0.309. The van der Waals surface area contributed by atoms with Crippen LogP contribution in [-0.4, -0.2) is 6.29 Å². The number of aldehydes is 1. The lowest BCUT2D eigenvalue weighted by Gasteiger charge is -1.96. The van der Waals surface area contributed by atoms with Crippen LogP contribution in [0.4, 0.5) is 0 Å². The summed E-state index contributed by atoms with van der Waals surface area (Å²) in [5, 5.41) is 0.848. The first-order chi connectivity index (χ1) is 5.11. The molecule has 0 atom stereocenters. The second-order valence-corrected chi connectivity index (χ2v) is 2.96. The number of hydrogen-bond acceptors (Lipinski definition) is 1. The first-order valence-electron chi connectivity index (χ1n) is 2.96. The van der Waals surface area contributed by atoms with Gasteiger partial charge in [-0.25, -0.2) is 0 Å². The Labute approximate surface area is 76.0 Å². The van der Waals surface area contributed by atoms with E-state index in [0.29, 0.717) is 28.3 Å². The van der Waals surface area contributed by atoms with E-state index in [2.05, 4.69) is 12.3 Å². The first-order valence-corrected chi connectivity index (χ1v) is 3.72. The molecule has 11 heavy (non-hydrogen) atoms. The number of allylic oxidation sites excluding steroid dienone is 3. The van der Waals surface area contributed by atoms with Gasteiger partial charge in [-0.05, 0) is 6.92 Å². The molecule has 0 bridgehead atoms. The Kier molecular flexibility index (Phi) is 4.97. The number of carbonyl (C=O) groups excluding carboxylic acids is 1. The van der Waals surface area contributed by atoms with Crippen molar-refractivity contribution >= 4 is 29.5 Å². The molecule has 0 aliphatic carbocycles. The van der Waals surface area contributed by atoms with Crippen LogP contribution in [0.2, 0.25) is 0 Å². The van der Waals surface area contributed by atoms with Crippen molar-refractivity contribution in [2.75, 3.05) is 0 Å². The molecule has 0 aromatic heterocycles. The van der Waals surface area contributed by atoms with Crippen molar-refractivity contribution in [3.63, 3.8) is 0 Å². The molecule has 0 rings (SSSR count). The monoisotopic (exact) mass is 190 g/mol. The maximum absolute atomic E-state index is 10.3. The molecule has 0 N–H and O–H groups in total. The predicted octanol–water partition coefficient (Wildman–Crippen LogP) is 3.00. The molecule has 3 heteroatoms. The zero-order chi connectivity index (χ0) is 8.85. The minimum Gasteiger partial charge on any atom is -0.298 e. The van der Waals surface area contributed by atoms with Crippen molar-refractivity contribution in [1.82, 2.24) is 0 Å². The maximum Gasteiger partial charge on any atom is 0.147 e. The van der Waals surface area contributed by atoms with E-state index >= 15 is 0 Å². The molecule has 0 aromatic rings. The molecular formula is C8H8Cl2O. The molecule has 0 amide bonds. The summed E-state index contributed by atoms with van der Waals surface area (Å²) in [4.78, 5) is 10.3. The second kappa shape index (κ2) is 5.20. The lowest BCUT2D eigenvalue weighted by molar-refractivity contribution is -0.105. The van der Waals surface area contributed by atoms with Crippen LogP contribution in [0.1, 0.15) is 13.3 Å². The van der Waals surface area contributed by atoms with E-state index in [9.17, 15) is 4.79 Å². The third-order valence-electron chi connectivity index (χ3n) is 1.12. The third kappa shape index (κ3) is 4.05. The smallest absolute Gasteiger partial charge is 0.147 e. The third-order valence-corrected chi connectivity index (χ3v) is 1.63. The molecule has 0 saturated carbocycles. The summed E-state index contributed by atoms with van der Waals surface area (Å²) in [7, 11) is 0. The number of carbonyl (C=O) groups is 1. The zero-order valence-electron chi connectivity index (χ0n) is 6.16. The highest BCUT2D eigenvalue weighted by Crippen LogP contribution is 2.16. The van der Waals surface area contributed by atoms with Crippen molar-refractivity contribution in [1.29, 1.82) is 0 Å². The van der Waals surface area contributed by atoms with Gasteiger partial charge in [0.25, 0.3) is 0 Å². The van der Waals surface area contributed by atoms with Gasteiger partial charge >= 0.3 is 0 Å². The van der Waals surface area contributed by atoms with E-state index in [1.165, 1.54) is 0 Å². The highest BCUT2D eigenvalue weighted by Gasteiger charge is 2.00. The van der Waals surface area contributed by atoms with Gasteiger partial charge in [-0.3, -0.25) is 4.79 Å². The van der Waals surface area contributed by atoms with Crippen molar-refractivity contribution < 1.29 is 4.79 Å². The lowest BCUT2D eigenvalue weighted by atomic mass is 10.2. The van der Waals surface area contributed by atoms with Crippen LogP contribution in [0.25, 0.3) is 0 Å². The molecule has 0 radical (unpaired) electrons. The minimum atomic E-state index is 0.309. The van der Waals surface area contributed by atoms with E-state index < -0.39 is 0 Å². The van der Waals surface area contributed by atoms with Crippen LogP contribution in [0.5, 0.6) is 0 Å². The van der Waals surface area contributed by atoms with Crippen molar-refractivity contribution in [2.24, 2.45) is 0 Å². The molecule has 0 unspecified atom stereocenters. The quantitative estimate of drug-likeness (QED) is 0.380. The summed E-state index contributed by atoms with van der Waals surface area (Å²) in [5.41, 5.74) is 2.93. The summed E-state index contributed by atoms with van der Waals surface area (Å²) < 4.78 is 0. The highest BCUT2D eigenvalue weighted by molar-refractivity contribution is 6.32. The van der Waals surface area contributed by atoms with Gasteiger partial charge < -0.3 is 0 Å². The Balaban J connectivity index is 4.47. The fourth-order valence-electron chi connectivity index (χ4n) is 0.474. The van der Waals surface area contributed by atoms with Gasteiger partial charge in [0.05, 0.1) is 5.03 Å². The SMILES string of the molecule is C=C=C(Cl)CC(C=O)=C(C)Cl. The Hall–Kier alpha value is -0.490. The van der Waals surface area contributed by atoms with E-state index in [0.717, 1.165) is 0 Å². The summed E-state index contributed by atoms with van der Waals surface area (Å²) in [6.07, 6.45) is 0.992. The first kappa shape index (κ1) is 10.5. The van der Waals surface area contributed by atoms with Crippen LogP contribution >= 0.6 is 23.2 Å². The van der Waals surface area contributed by atoms with Gasteiger partial charge in [0.15, 0.2) is 0 Å². The summed E-state index contributed by atoms with van der Waals surface area (Å²) in [6.45, 7) is 4.97. The number of halogens is 2. The summed E-state index contributed by atoms with van der Waals surface area (Å²) >= 11 is 11.1. The molecule has 0 saturated heterocycles. The van der Waals surface area contributed by atoms with Gasteiger partial charge in [-0.15, -0.1) is 5.73 Å². The van der Waals surface area contributed by atoms with Gasteiger partial charge in [0, 0.05) is 17.0 Å². The van der Waals surface area contributed by atoms with E-state index in [4.69, 9.17) is 23.2 Å². The molecule has 1 nitrogen and oxygen atoms in total. The average Bonchev–Trinajstić information content (AvgIpc) is 1.99.